The molecule has 2 aromatic heterocycles. The number of carbonyl (C=O) groups is 3. The van der Waals surface area contributed by atoms with Crippen molar-refractivity contribution in [1.82, 2.24) is 24.0 Å². The van der Waals surface area contributed by atoms with Crippen LogP contribution in [0.3, 0.4) is 0 Å². The molecule has 3 aromatic rings. The van der Waals surface area contributed by atoms with Gasteiger partial charge in [-0.1, -0.05) is 32.4 Å². The van der Waals surface area contributed by atoms with Crippen molar-refractivity contribution < 1.29 is 19.1 Å². The molecule has 1 aliphatic rings. The first kappa shape index (κ1) is 24.1. The van der Waals surface area contributed by atoms with Gasteiger partial charge < -0.3 is 9.30 Å². The molecule has 4 rings (SSSR count). The molecule has 0 unspecified atom stereocenters. The van der Waals surface area contributed by atoms with Crippen molar-refractivity contribution in [3.05, 3.63) is 62.1 Å². The highest BCUT2D eigenvalue weighted by Crippen LogP contribution is 2.22. The normalized spacial score (nSPS) is 13.0. The summed E-state index contributed by atoms with van der Waals surface area (Å²) in [6.07, 6.45) is 2.12. The summed E-state index contributed by atoms with van der Waals surface area (Å²) in [5, 5.41) is 0. The third-order valence-electron chi connectivity index (χ3n) is 5.93. The molecule has 3 heterocycles. The second-order valence-electron chi connectivity index (χ2n) is 8.33. The number of amides is 2. The largest absolute Gasteiger partial charge is 0.457 e. The molecule has 11 heteroatoms. The van der Waals surface area contributed by atoms with E-state index in [0.717, 1.165) is 17.7 Å². The number of H-pyrrole nitrogens is 1. The van der Waals surface area contributed by atoms with Gasteiger partial charge >= 0.3 is 11.7 Å². The summed E-state index contributed by atoms with van der Waals surface area (Å²) in [7, 11) is 0. The monoisotopic (exact) mass is 481 g/mol. The fourth-order valence-electron chi connectivity index (χ4n) is 4.18. The Balaban J connectivity index is 1.49. The zero-order valence-electron chi connectivity index (χ0n) is 19.7. The highest BCUT2D eigenvalue weighted by molar-refractivity contribution is 6.21. The number of esters is 1. The predicted molar refractivity (Wildman–Crippen MR) is 126 cm³/mol. The van der Waals surface area contributed by atoms with Gasteiger partial charge in [-0.25, -0.2) is 9.78 Å². The number of aromatic nitrogens is 4. The molecule has 1 aromatic carbocycles. The zero-order valence-corrected chi connectivity index (χ0v) is 19.7. The van der Waals surface area contributed by atoms with E-state index < -0.39 is 29.0 Å². The van der Waals surface area contributed by atoms with Crippen molar-refractivity contribution in [3.63, 3.8) is 0 Å². The first-order valence-electron chi connectivity index (χ1n) is 11.7. The van der Waals surface area contributed by atoms with Crippen molar-refractivity contribution >= 4 is 28.9 Å². The third-order valence-corrected chi connectivity index (χ3v) is 5.93. The molecule has 1 N–H and O–H groups in total. The number of aromatic amines is 1. The van der Waals surface area contributed by atoms with Gasteiger partial charge in [0, 0.05) is 19.6 Å². The minimum Gasteiger partial charge on any atom is -0.457 e. The van der Waals surface area contributed by atoms with E-state index in [1.807, 2.05) is 13.8 Å². The highest BCUT2D eigenvalue weighted by Gasteiger charge is 2.35. The molecule has 0 atom stereocenters. The lowest BCUT2D eigenvalue weighted by Gasteiger charge is -2.13. The van der Waals surface area contributed by atoms with Crippen LogP contribution in [-0.4, -0.2) is 48.3 Å². The van der Waals surface area contributed by atoms with Crippen molar-refractivity contribution in [2.24, 2.45) is 0 Å². The Morgan fingerprint density at radius 2 is 1.63 bits per heavy atom. The molecule has 35 heavy (non-hydrogen) atoms. The first-order valence-corrected chi connectivity index (χ1v) is 11.7. The summed E-state index contributed by atoms with van der Waals surface area (Å²) in [5.74, 6) is -1.15. The fourth-order valence-corrected chi connectivity index (χ4v) is 4.18. The number of rotatable bonds is 10. The number of imide groups is 1. The number of fused-ring (bicyclic) bond motifs is 2. The number of nitrogens with one attached hydrogen (secondary N) is 1. The number of hydrogen-bond acceptors (Lipinski definition) is 7. The number of imidazole rings is 1. The predicted octanol–water partition coefficient (Wildman–Crippen LogP) is 1.83. The average molecular weight is 482 g/mol. The maximum absolute atomic E-state index is 12.6. The Kier molecular flexibility index (Phi) is 6.94. The number of benzene rings is 1. The topological polar surface area (TPSA) is 136 Å². The lowest BCUT2D eigenvalue weighted by molar-refractivity contribution is -0.145. The Morgan fingerprint density at radius 3 is 2.26 bits per heavy atom. The standard InChI is InChI=1S/C24H27N5O6/c1-3-5-12-28-20-19(21(31)26-24(28)34)27(11-4-2)17(25-20)14-35-18(30)10-13-29-22(32)15-8-6-7-9-16(15)23(29)33/h6-9H,3-5,10-14H2,1-2H3,(H,26,31,34). The maximum atomic E-state index is 12.6. The van der Waals surface area contributed by atoms with Gasteiger partial charge in [0.25, 0.3) is 17.4 Å². The summed E-state index contributed by atoms with van der Waals surface area (Å²) in [5.41, 5.74) is 0.0952. The van der Waals surface area contributed by atoms with Crippen LogP contribution in [0.2, 0.25) is 0 Å². The van der Waals surface area contributed by atoms with Crippen LogP contribution in [0.4, 0.5) is 0 Å². The first-order chi connectivity index (χ1) is 16.9. The maximum Gasteiger partial charge on any atom is 0.330 e. The van der Waals surface area contributed by atoms with E-state index in [2.05, 4.69) is 9.97 Å². The summed E-state index contributed by atoms with van der Waals surface area (Å²) in [6.45, 7) is 4.48. The lowest BCUT2D eigenvalue weighted by atomic mass is 10.1. The van der Waals surface area contributed by atoms with Gasteiger partial charge in [0.15, 0.2) is 11.2 Å². The van der Waals surface area contributed by atoms with Gasteiger partial charge in [-0.05, 0) is 25.0 Å². The van der Waals surface area contributed by atoms with E-state index in [9.17, 15) is 24.0 Å². The lowest BCUT2D eigenvalue weighted by Crippen LogP contribution is -2.32. The molecule has 2 amide bonds. The molecule has 0 bridgehead atoms. The van der Waals surface area contributed by atoms with Crippen LogP contribution in [0, 0.1) is 0 Å². The number of aryl methyl sites for hydroxylation is 2. The summed E-state index contributed by atoms with van der Waals surface area (Å²) >= 11 is 0. The van der Waals surface area contributed by atoms with Gasteiger partial charge in [-0.3, -0.25) is 33.6 Å². The second-order valence-corrected chi connectivity index (χ2v) is 8.33. The zero-order chi connectivity index (χ0) is 25.1. The van der Waals surface area contributed by atoms with Crippen LogP contribution >= 0.6 is 0 Å². The van der Waals surface area contributed by atoms with Gasteiger partial charge in [0.1, 0.15) is 12.4 Å². The number of carbonyl (C=O) groups excluding carboxylic acids is 3. The number of unbranched alkanes of at least 4 members (excludes halogenated alkanes) is 1. The summed E-state index contributed by atoms with van der Waals surface area (Å²) < 4.78 is 8.46. The fraction of sp³-hybridized carbons (Fsp3) is 0.417. The second kappa shape index (κ2) is 10.1. The van der Waals surface area contributed by atoms with Crippen LogP contribution in [0.5, 0.6) is 0 Å². The Morgan fingerprint density at radius 1 is 0.943 bits per heavy atom. The van der Waals surface area contributed by atoms with Crippen LogP contribution in [-0.2, 0) is 29.2 Å². The van der Waals surface area contributed by atoms with E-state index in [0.29, 0.717) is 36.5 Å². The van der Waals surface area contributed by atoms with E-state index in [-0.39, 0.29) is 30.7 Å². The molecule has 0 aliphatic carbocycles. The minimum atomic E-state index is -0.617. The molecule has 0 fully saturated rings. The minimum absolute atomic E-state index is 0.104. The van der Waals surface area contributed by atoms with Crippen molar-refractivity contribution in [2.75, 3.05) is 6.54 Å². The van der Waals surface area contributed by atoms with Crippen molar-refractivity contribution in [2.45, 2.75) is 59.2 Å². The van der Waals surface area contributed by atoms with E-state index >= 15 is 0 Å². The molecule has 11 nitrogen and oxygen atoms in total. The van der Waals surface area contributed by atoms with Gasteiger partial charge in [0.2, 0.25) is 0 Å². The Hall–Kier alpha value is -4.02. The van der Waals surface area contributed by atoms with Crippen LogP contribution in [0.15, 0.2) is 33.9 Å². The Bertz CT molecular complexity index is 1380. The van der Waals surface area contributed by atoms with E-state index in [4.69, 9.17) is 4.74 Å². The molecule has 184 valence electrons. The molecular weight excluding hydrogens is 454 g/mol. The summed E-state index contributed by atoms with van der Waals surface area (Å²) in [4.78, 5) is 70.2. The molecular formula is C24H27N5O6. The van der Waals surface area contributed by atoms with Crippen LogP contribution in [0.1, 0.15) is 66.1 Å². The van der Waals surface area contributed by atoms with Gasteiger partial charge in [-0.2, -0.15) is 0 Å². The number of hydrogen-bond donors (Lipinski definition) is 1. The van der Waals surface area contributed by atoms with Crippen LogP contribution in [0.25, 0.3) is 11.2 Å². The third kappa shape index (κ3) is 4.53. The van der Waals surface area contributed by atoms with E-state index in [1.165, 1.54) is 4.57 Å². The average Bonchev–Trinajstić information content (AvgIpc) is 3.32. The van der Waals surface area contributed by atoms with E-state index in [1.54, 1.807) is 28.8 Å². The number of nitrogens with zero attached hydrogens (tertiary/aromatic N) is 4. The van der Waals surface area contributed by atoms with Crippen LogP contribution < -0.4 is 11.2 Å². The molecule has 0 radical (unpaired) electrons. The van der Waals surface area contributed by atoms with Gasteiger partial charge in [0.05, 0.1) is 17.5 Å². The molecule has 0 spiro atoms. The molecule has 0 saturated carbocycles. The highest BCUT2D eigenvalue weighted by atomic mass is 16.5. The number of ether oxygens (including phenoxy) is 1. The smallest absolute Gasteiger partial charge is 0.330 e. The molecule has 0 saturated heterocycles. The quantitative estimate of drug-likeness (QED) is 0.345. The van der Waals surface area contributed by atoms with Gasteiger partial charge in [-0.15, -0.1) is 0 Å². The molecule has 1 aliphatic heterocycles. The van der Waals surface area contributed by atoms with Crippen molar-refractivity contribution in [3.8, 4) is 0 Å². The summed E-state index contributed by atoms with van der Waals surface area (Å²) in [6, 6.07) is 6.51. The van der Waals surface area contributed by atoms with Crippen molar-refractivity contribution in [1.29, 1.82) is 0 Å². The SMILES string of the molecule is CCCCn1c(=O)[nH]c(=O)c2c1nc(COC(=O)CCN1C(=O)c3ccccc3C1=O)n2CCC. The Labute approximate surface area is 200 Å².